The Morgan fingerprint density at radius 2 is 1.94 bits per heavy atom. The van der Waals surface area contributed by atoms with Crippen molar-refractivity contribution >= 4 is 36.2 Å². The van der Waals surface area contributed by atoms with Gasteiger partial charge in [0.15, 0.2) is 0 Å². The molecule has 1 saturated carbocycles. The highest BCUT2D eigenvalue weighted by Gasteiger charge is 2.26. The highest BCUT2D eigenvalue weighted by Crippen LogP contribution is 2.34. The fraction of sp³-hybridized carbons (Fsp3) is 0.500. The molecule has 0 spiro atoms. The first-order valence-corrected chi connectivity index (χ1v) is 5.51. The van der Waals surface area contributed by atoms with E-state index in [0.29, 0.717) is 0 Å². The Balaban J connectivity index is 0.000000640. The average molecular weight is 261 g/mol. The predicted octanol–water partition coefficient (Wildman–Crippen LogP) is 3.17. The predicted molar refractivity (Wildman–Crippen MR) is 74.4 cm³/mol. The first-order valence-electron chi connectivity index (χ1n) is 5.51. The van der Waals surface area contributed by atoms with Crippen molar-refractivity contribution in [3.63, 3.8) is 0 Å². The van der Waals surface area contributed by atoms with Gasteiger partial charge in [-0.2, -0.15) is 0 Å². The molecule has 0 amide bonds. The summed E-state index contributed by atoms with van der Waals surface area (Å²) in [7, 11) is 0. The largest absolute Gasteiger partial charge is 0.382 e. The van der Waals surface area contributed by atoms with Gasteiger partial charge in [0.05, 0.1) is 11.4 Å². The van der Waals surface area contributed by atoms with E-state index >= 15 is 0 Å². The van der Waals surface area contributed by atoms with Crippen molar-refractivity contribution in [3.05, 3.63) is 24.3 Å². The molecule has 1 fully saturated rings. The molecule has 1 aliphatic carbocycles. The molecule has 1 aromatic carbocycles. The third-order valence-corrected chi connectivity index (χ3v) is 3.12. The molecule has 0 radical (unpaired) electrons. The van der Waals surface area contributed by atoms with E-state index in [1.54, 1.807) is 0 Å². The van der Waals surface area contributed by atoms with Gasteiger partial charge in [-0.25, -0.2) is 0 Å². The van der Waals surface area contributed by atoms with E-state index in [1.165, 1.54) is 30.8 Å². The van der Waals surface area contributed by atoms with Gasteiger partial charge in [0.2, 0.25) is 0 Å². The van der Waals surface area contributed by atoms with Gasteiger partial charge in [0.1, 0.15) is 0 Å². The molecule has 16 heavy (non-hydrogen) atoms. The lowest BCUT2D eigenvalue weighted by Gasteiger charge is -2.32. The molecular formula is C12H18Cl2N2. The number of benzene rings is 1. The summed E-state index contributed by atoms with van der Waals surface area (Å²) in [6, 6.07) is 8.64. The van der Waals surface area contributed by atoms with Crippen molar-refractivity contribution < 1.29 is 0 Å². The molecule has 3 rings (SSSR count). The fourth-order valence-electron chi connectivity index (χ4n) is 2.15. The Morgan fingerprint density at radius 3 is 2.69 bits per heavy atom. The zero-order chi connectivity index (χ0) is 9.38. The number of para-hydroxylation sites is 2. The van der Waals surface area contributed by atoms with Crippen molar-refractivity contribution in [3.8, 4) is 0 Å². The molecule has 1 N–H and O–H groups in total. The SMILES string of the molecule is Cl.Cl.c1ccc2c(c1)NCCN2CC1CC1. The molecule has 4 heteroatoms. The topological polar surface area (TPSA) is 15.3 Å². The molecule has 1 aromatic rings. The highest BCUT2D eigenvalue weighted by molar-refractivity contribution is 5.85. The Bertz CT molecular complexity index is 340. The molecule has 0 bridgehead atoms. The number of nitrogens with one attached hydrogen (secondary N) is 1. The van der Waals surface area contributed by atoms with Crippen LogP contribution in [0.3, 0.4) is 0 Å². The summed E-state index contributed by atoms with van der Waals surface area (Å²) in [4.78, 5) is 2.53. The Hall–Kier alpha value is -0.600. The average Bonchev–Trinajstić information content (AvgIpc) is 3.03. The Morgan fingerprint density at radius 1 is 1.19 bits per heavy atom. The van der Waals surface area contributed by atoms with Gasteiger partial charge in [-0.05, 0) is 30.9 Å². The quantitative estimate of drug-likeness (QED) is 0.879. The number of anilines is 2. The number of hydrogen-bond donors (Lipinski definition) is 1. The minimum atomic E-state index is 0. The molecular weight excluding hydrogens is 243 g/mol. The van der Waals surface area contributed by atoms with Crippen LogP contribution < -0.4 is 10.2 Å². The highest BCUT2D eigenvalue weighted by atomic mass is 35.5. The van der Waals surface area contributed by atoms with Crippen LogP contribution in [0.15, 0.2) is 24.3 Å². The molecule has 0 atom stereocenters. The second kappa shape index (κ2) is 5.65. The number of nitrogens with zero attached hydrogens (tertiary/aromatic N) is 1. The summed E-state index contributed by atoms with van der Waals surface area (Å²) in [6.45, 7) is 3.51. The van der Waals surface area contributed by atoms with Crippen LogP contribution in [0.2, 0.25) is 0 Å². The Labute approximate surface area is 109 Å². The maximum atomic E-state index is 3.44. The van der Waals surface area contributed by atoms with E-state index in [2.05, 4.69) is 34.5 Å². The normalized spacial score (nSPS) is 17.6. The summed E-state index contributed by atoms with van der Waals surface area (Å²) in [5.41, 5.74) is 2.70. The van der Waals surface area contributed by atoms with Crippen LogP contribution in [0, 0.1) is 5.92 Å². The van der Waals surface area contributed by atoms with Gasteiger partial charge in [-0.15, -0.1) is 24.8 Å². The molecule has 0 unspecified atom stereocenters. The minimum Gasteiger partial charge on any atom is -0.382 e. The number of fused-ring (bicyclic) bond motifs is 1. The first kappa shape index (κ1) is 13.5. The summed E-state index contributed by atoms with van der Waals surface area (Å²) in [5, 5.41) is 3.44. The summed E-state index contributed by atoms with van der Waals surface area (Å²) in [5.74, 6) is 0.973. The second-order valence-electron chi connectivity index (χ2n) is 4.33. The molecule has 1 heterocycles. The van der Waals surface area contributed by atoms with E-state index in [1.807, 2.05) is 0 Å². The van der Waals surface area contributed by atoms with E-state index in [-0.39, 0.29) is 24.8 Å². The van der Waals surface area contributed by atoms with Crippen molar-refractivity contribution in [2.75, 3.05) is 29.9 Å². The first-order chi connectivity index (χ1) is 6.93. The smallest absolute Gasteiger partial charge is 0.0602 e. The van der Waals surface area contributed by atoms with Crippen LogP contribution in [0.5, 0.6) is 0 Å². The zero-order valence-electron chi connectivity index (χ0n) is 9.19. The van der Waals surface area contributed by atoms with Crippen LogP contribution in [-0.4, -0.2) is 19.6 Å². The van der Waals surface area contributed by atoms with Crippen LogP contribution in [0.1, 0.15) is 12.8 Å². The van der Waals surface area contributed by atoms with E-state index < -0.39 is 0 Å². The van der Waals surface area contributed by atoms with Crippen LogP contribution in [0.25, 0.3) is 0 Å². The maximum absolute atomic E-state index is 3.44. The number of hydrogen-bond acceptors (Lipinski definition) is 2. The minimum absolute atomic E-state index is 0. The van der Waals surface area contributed by atoms with Crippen LogP contribution in [-0.2, 0) is 0 Å². The molecule has 0 aromatic heterocycles. The van der Waals surface area contributed by atoms with E-state index in [9.17, 15) is 0 Å². The van der Waals surface area contributed by atoms with E-state index in [4.69, 9.17) is 0 Å². The van der Waals surface area contributed by atoms with Gasteiger partial charge in [-0.1, -0.05) is 12.1 Å². The van der Waals surface area contributed by atoms with Gasteiger partial charge < -0.3 is 10.2 Å². The van der Waals surface area contributed by atoms with Crippen molar-refractivity contribution in [1.82, 2.24) is 0 Å². The third kappa shape index (κ3) is 2.74. The van der Waals surface area contributed by atoms with Crippen molar-refractivity contribution in [2.45, 2.75) is 12.8 Å². The lowest BCUT2D eigenvalue weighted by molar-refractivity contribution is 0.719. The summed E-state index contributed by atoms with van der Waals surface area (Å²) < 4.78 is 0. The monoisotopic (exact) mass is 260 g/mol. The van der Waals surface area contributed by atoms with Crippen LogP contribution >= 0.6 is 24.8 Å². The molecule has 0 saturated heterocycles. The lowest BCUT2D eigenvalue weighted by atomic mass is 10.2. The fourth-order valence-corrected chi connectivity index (χ4v) is 2.15. The van der Waals surface area contributed by atoms with Gasteiger partial charge in [0, 0.05) is 19.6 Å². The third-order valence-electron chi connectivity index (χ3n) is 3.12. The molecule has 2 nitrogen and oxygen atoms in total. The summed E-state index contributed by atoms with van der Waals surface area (Å²) in [6.07, 6.45) is 2.87. The van der Waals surface area contributed by atoms with Crippen molar-refractivity contribution in [1.29, 1.82) is 0 Å². The molecule has 2 aliphatic rings. The van der Waals surface area contributed by atoms with E-state index in [0.717, 1.165) is 19.0 Å². The van der Waals surface area contributed by atoms with Gasteiger partial charge >= 0.3 is 0 Å². The zero-order valence-corrected chi connectivity index (χ0v) is 10.8. The Kier molecular flexibility index (Phi) is 4.75. The van der Waals surface area contributed by atoms with Gasteiger partial charge in [-0.3, -0.25) is 0 Å². The number of halogens is 2. The standard InChI is InChI=1S/C12H16N2.2ClH/c1-2-4-12-11(3-1)13-7-8-14(12)9-10-5-6-10;;/h1-4,10,13H,5-9H2;2*1H. The molecule has 90 valence electrons. The molecule has 1 aliphatic heterocycles. The number of rotatable bonds is 2. The van der Waals surface area contributed by atoms with Crippen LogP contribution in [0.4, 0.5) is 11.4 Å². The second-order valence-corrected chi connectivity index (χ2v) is 4.33. The van der Waals surface area contributed by atoms with Gasteiger partial charge in [0.25, 0.3) is 0 Å². The maximum Gasteiger partial charge on any atom is 0.0602 e. The van der Waals surface area contributed by atoms with Crippen molar-refractivity contribution in [2.24, 2.45) is 5.92 Å². The summed E-state index contributed by atoms with van der Waals surface area (Å²) >= 11 is 0. The lowest BCUT2D eigenvalue weighted by Crippen LogP contribution is -2.35.